The Hall–Kier alpha value is -6.04. The van der Waals surface area contributed by atoms with Gasteiger partial charge in [0, 0.05) is 33.4 Å². The zero-order chi connectivity index (χ0) is 33.7. The molecule has 46 heavy (non-hydrogen) atoms. The Labute approximate surface area is 263 Å². The smallest absolute Gasteiger partial charge is 0.233 e. The van der Waals surface area contributed by atoms with Gasteiger partial charge in [0.25, 0.3) is 0 Å². The van der Waals surface area contributed by atoms with Crippen LogP contribution >= 0.6 is 0 Å². The van der Waals surface area contributed by atoms with Crippen LogP contribution in [0.2, 0.25) is 0 Å². The minimum Gasteiger partial charge on any atom is -0.507 e. The van der Waals surface area contributed by atoms with Crippen LogP contribution in [0.4, 0.5) is 0 Å². The van der Waals surface area contributed by atoms with Gasteiger partial charge in [0.2, 0.25) is 34.6 Å². The first-order chi connectivity index (χ1) is 22.0. The van der Waals surface area contributed by atoms with Crippen molar-refractivity contribution in [1.82, 2.24) is 0 Å². The van der Waals surface area contributed by atoms with Gasteiger partial charge in [-0.25, -0.2) is 0 Å². The lowest BCUT2D eigenvalue weighted by molar-refractivity contribution is 0.0816. The summed E-state index contributed by atoms with van der Waals surface area (Å²) >= 11 is 0. The van der Waals surface area contributed by atoms with E-state index in [-0.39, 0.29) is 67.9 Å². The number of hydrogen-bond donors (Lipinski definition) is 2. The van der Waals surface area contributed by atoms with Gasteiger partial charge < -0.3 is 38.6 Å². The number of hydrogen-bond acceptors (Lipinski definition) is 12. The summed E-state index contributed by atoms with van der Waals surface area (Å²) in [6.07, 6.45) is 0. The lowest BCUT2D eigenvalue weighted by atomic mass is 9.95. The molecule has 0 saturated carbocycles. The monoisotopic (exact) mass is 630 g/mol. The molecule has 238 valence electrons. The van der Waals surface area contributed by atoms with E-state index in [2.05, 4.69) is 0 Å². The Balaban J connectivity index is 1.60. The second-order valence-electron chi connectivity index (χ2n) is 9.61. The van der Waals surface area contributed by atoms with Crippen molar-refractivity contribution in [3.05, 3.63) is 82.9 Å². The standard InChI is InChI=1S/C34H30O12/c1-41-25-13-19(14-26(42-2)33(25)45-5)31(39)29(37)17-7-9-21(23(35)11-17)22-10-8-18(12-24(22)36)30(38)32(40)20-15-27(43-3)34(46-6)28(16-20)44-4/h7-16,35-36H,1-6H3. The fraction of sp³-hybridized carbons (Fsp3) is 0.176. The van der Waals surface area contributed by atoms with Crippen molar-refractivity contribution in [2.45, 2.75) is 0 Å². The second-order valence-corrected chi connectivity index (χ2v) is 9.61. The quantitative estimate of drug-likeness (QED) is 0.151. The van der Waals surface area contributed by atoms with Gasteiger partial charge in [0.1, 0.15) is 11.5 Å². The number of Topliss-reactive ketones (excluding diaryl/α,β-unsaturated/α-hetero) is 4. The summed E-state index contributed by atoms with van der Waals surface area (Å²) < 4.78 is 31.5. The molecule has 4 aromatic rings. The summed E-state index contributed by atoms with van der Waals surface area (Å²) in [5.74, 6) is -3.28. The molecule has 0 aliphatic heterocycles. The van der Waals surface area contributed by atoms with E-state index in [1.165, 1.54) is 91.2 Å². The number of rotatable bonds is 13. The minimum absolute atomic E-state index is 0.0259. The van der Waals surface area contributed by atoms with E-state index in [1.807, 2.05) is 0 Å². The third kappa shape index (κ3) is 6.13. The van der Waals surface area contributed by atoms with Gasteiger partial charge in [-0.1, -0.05) is 12.1 Å². The molecule has 12 heteroatoms. The molecule has 0 heterocycles. The van der Waals surface area contributed by atoms with Gasteiger partial charge in [-0.05, 0) is 48.5 Å². The largest absolute Gasteiger partial charge is 0.507 e. The number of carbonyl (C=O) groups is 4. The van der Waals surface area contributed by atoms with Crippen molar-refractivity contribution in [3.8, 4) is 57.1 Å². The topological polar surface area (TPSA) is 164 Å². The average Bonchev–Trinajstić information content (AvgIpc) is 3.08. The Bertz CT molecular complexity index is 1670. The highest BCUT2D eigenvalue weighted by Gasteiger charge is 2.26. The molecule has 0 aromatic heterocycles. The molecular formula is C34H30O12. The van der Waals surface area contributed by atoms with E-state index in [4.69, 9.17) is 28.4 Å². The number of aromatic hydroxyl groups is 2. The van der Waals surface area contributed by atoms with Crippen molar-refractivity contribution in [3.63, 3.8) is 0 Å². The van der Waals surface area contributed by atoms with Crippen molar-refractivity contribution in [1.29, 1.82) is 0 Å². The number of ketones is 4. The van der Waals surface area contributed by atoms with Gasteiger partial charge >= 0.3 is 0 Å². The number of benzene rings is 4. The third-order valence-electron chi connectivity index (χ3n) is 7.08. The lowest BCUT2D eigenvalue weighted by Crippen LogP contribution is -2.15. The maximum absolute atomic E-state index is 13.1. The molecule has 4 aromatic carbocycles. The Kier molecular flexibility index (Phi) is 9.80. The van der Waals surface area contributed by atoms with Crippen molar-refractivity contribution in [2.24, 2.45) is 0 Å². The first-order valence-electron chi connectivity index (χ1n) is 13.5. The van der Waals surface area contributed by atoms with Crippen LogP contribution in [0.1, 0.15) is 41.4 Å². The van der Waals surface area contributed by atoms with E-state index < -0.39 is 34.6 Å². The molecule has 0 aliphatic rings. The third-order valence-corrected chi connectivity index (χ3v) is 7.08. The number of phenols is 2. The summed E-state index contributed by atoms with van der Waals surface area (Å²) in [5.41, 5.74) is -0.0953. The molecule has 2 N–H and O–H groups in total. The fourth-order valence-electron chi connectivity index (χ4n) is 4.75. The molecule has 12 nitrogen and oxygen atoms in total. The molecule has 0 amide bonds. The van der Waals surface area contributed by atoms with Gasteiger partial charge in [0.05, 0.1) is 42.7 Å². The van der Waals surface area contributed by atoms with E-state index in [0.29, 0.717) is 0 Å². The number of carbonyl (C=O) groups excluding carboxylic acids is 4. The lowest BCUT2D eigenvalue weighted by Gasteiger charge is -2.14. The molecule has 0 aliphatic carbocycles. The zero-order valence-electron chi connectivity index (χ0n) is 25.8. The minimum atomic E-state index is -0.924. The summed E-state index contributed by atoms with van der Waals surface area (Å²) in [6.45, 7) is 0. The zero-order valence-corrected chi connectivity index (χ0v) is 25.8. The fourth-order valence-corrected chi connectivity index (χ4v) is 4.75. The van der Waals surface area contributed by atoms with Crippen LogP contribution in [-0.4, -0.2) is 76.0 Å². The van der Waals surface area contributed by atoms with Crippen molar-refractivity contribution >= 4 is 23.1 Å². The number of methoxy groups -OCH3 is 6. The van der Waals surface area contributed by atoms with Crippen LogP contribution in [0.15, 0.2) is 60.7 Å². The highest BCUT2D eigenvalue weighted by Crippen LogP contribution is 2.41. The Morgan fingerprint density at radius 3 is 0.935 bits per heavy atom. The molecule has 0 spiro atoms. The van der Waals surface area contributed by atoms with E-state index in [0.717, 1.165) is 12.1 Å². The highest BCUT2D eigenvalue weighted by molar-refractivity contribution is 6.50. The van der Waals surface area contributed by atoms with Crippen LogP contribution < -0.4 is 28.4 Å². The summed E-state index contributed by atoms with van der Waals surface area (Å²) in [5, 5.41) is 21.5. The van der Waals surface area contributed by atoms with Gasteiger partial charge in [-0.3, -0.25) is 19.2 Å². The van der Waals surface area contributed by atoms with Gasteiger partial charge in [0.15, 0.2) is 23.0 Å². The predicted octanol–water partition coefficient (Wildman–Crippen LogP) is 4.95. The summed E-state index contributed by atoms with van der Waals surface area (Å²) in [7, 11) is 8.28. The molecule has 0 fully saturated rings. The number of ether oxygens (including phenoxy) is 6. The molecule has 0 saturated heterocycles. The average molecular weight is 631 g/mol. The van der Waals surface area contributed by atoms with Crippen LogP contribution in [0.25, 0.3) is 11.1 Å². The predicted molar refractivity (Wildman–Crippen MR) is 165 cm³/mol. The maximum atomic E-state index is 13.1. The highest BCUT2D eigenvalue weighted by atomic mass is 16.5. The van der Waals surface area contributed by atoms with E-state index in [9.17, 15) is 29.4 Å². The number of phenolic OH excluding ortho intramolecular Hbond substituents is 2. The molecule has 0 bridgehead atoms. The van der Waals surface area contributed by atoms with Gasteiger partial charge in [-0.2, -0.15) is 0 Å². The second kappa shape index (κ2) is 13.7. The van der Waals surface area contributed by atoms with Gasteiger partial charge in [-0.15, -0.1) is 0 Å². The maximum Gasteiger partial charge on any atom is 0.233 e. The molecule has 0 unspecified atom stereocenters. The normalized spacial score (nSPS) is 10.5. The van der Waals surface area contributed by atoms with Crippen LogP contribution in [0, 0.1) is 0 Å². The van der Waals surface area contributed by atoms with Crippen molar-refractivity contribution < 1.29 is 57.8 Å². The van der Waals surface area contributed by atoms with Crippen LogP contribution in [0.3, 0.4) is 0 Å². The summed E-state index contributed by atoms with van der Waals surface area (Å²) in [6, 6.07) is 12.8. The molecule has 0 radical (unpaired) electrons. The van der Waals surface area contributed by atoms with E-state index in [1.54, 1.807) is 0 Å². The van der Waals surface area contributed by atoms with Crippen LogP contribution in [0.5, 0.6) is 46.0 Å². The summed E-state index contributed by atoms with van der Waals surface area (Å²) in [4.78, 5) is 52.3. The first kappa shape index (κ1) is 32.9. The molecular weight excluding hydrogens is 600 g/mol. The molecule has 0 atom stereocenters. The first-order valence-corrected chi connectivity index (χ1v) is 13.5. The van der Waals surface area contributed by atoms with Crippen molar-refractivity contribution in [2.75, 3.05) is 42.7 Å². The Morgan fingerprint density at radius 1 is 0.413 bits per heavy atom. The Morgan fingerprint density at radius 2 is 0.696 bits per heavy atom. The van der Waals surface area contributed by atoms with E-state index >= 15 is 0 Å². The SMILES string of the molecule is COc1cc(C(=O)C(=O)c2ccc(-c3ccc(C(=O)C(=O)c4cc(OC)c(OC)c(OC)c4)cc3O)c(O)c2)cc(OC)c1OC. The molecule has 4 rings (SSSR count). The van der Waals surface area contributed by atoms with Crippen LogP contribution in [-0.2, 0) is 0 Å².